The fraction of sp³-hybridized carbons (Fsp3) is 0.233. The number of ether oxygens (including phenoxy) is 1. The summed E-state index contributed by atoms with van der Waals surface area (Å²) in [6.45, 7) is 6.53. The molecule has 0 unspecified atom stereocenters. The summed E-state index contributed by atoms with van der Waals surface area (Å²) in [6, 6.07) is 25.5. The van der Waals surface area contributed by atoms with Gasteiger partial charge in [-0.05, 0) is 48.9 Å². The molecule has 0 atom stereocenters. The minimum atomic E-state index is -0.285. The second kappa shape index (κ2) is 12.1. The van der Waals surface area contributed by atoms with Crippen LogP contribution in [-0.4, -0.2) is 60.1 Å². The first-order valence-electron chi connectivity index (χ1n) is 12.9. The van der Waals surface area contributed by atoms with Crippen LogP contribution in [0, 0.1) is 6.92 Å². The fourth-order valence-corrected chi connectivity index (χ4v) is 4.99. The van der Waals surface area contributed by atoms with Crippen LogP contribution in [0.3, 0.4) is 0 Å². The Bertz CT molecular complexity index is 1440. The largest absolute Gasteiger partial charge is 0.495 e. The van der Waals surface area contributed by atoms with Crippen LogP contribution in [0.15, 0.2) is 84.0 Å². The Hall–Kier alpha value is -4.14. The molecule has 2 heterocycles. The van der Waals surface area contributed by atoms with E-state index in [0.29, 0.717) is 16.3 Å². The number of hydrogen-bond acceptors (Lipinski definition) is 6. The highest BCUT2D eigenvalue weighted by Crippen LogP contribution is 2.28. The van der Waals surface area contributed by atoms with Gasteiger partial charge in [-0.1, -0.05) is 54.1 Å². The number of aromatic nitrogens is 2. The molecular formula is C30H31ClN6O2. The summed E-state index contributed by atoms with van der Waals surface area (Å²) in [5, 5.41) is 8.83. The quantitative estimate of drug-likeness (QED) is 0.252. The van der Waals surface area contributed by atoms with E-state index in [2.05, 4.69) is 31.5 Å². The van der Waals surface area contributed by atoms with Crippen molar-refractivity contribution in [3.8, 4) is 11.4 Å². The minimum absolute atomic E-state index is 0.285. The van der Waals surface area contributed by atoms with E-state index in [1.54, 1.807) is 11.8 Å². The zero-order valence-electron chi connectivity index (χ0n) is 22.0. The molecule has 9 heteroatoms. The first-order chi connectivity index (χ1) is 19.0. The van der Waals surface area contributed by atoms with Crippen molar-refractivity contribution in [2.45, 2.75) is 13.5 Å². The molecule has 8 nitrogen and oxygen atoms in total. The number of carbonyl (C=O) groups excluding carboxylic acids is 1. The number of methoxy groups -OCH3 is 1. The highest BCUT2D eigenvalue weighted by atomic mass is 35.5. The number of halogens is 1. The van der Waals surface area contributed by atoms with E-state index in [1.807, 2.05) is 79.7 Å². The number of para-hydroxylation sites is 3. The van der Waals surface area contributed by atoms with Gasteiger partial charge in [0.15, 0.2) is 5.15 Å². The van der Waals surface area contributed by atoms with Gasteiger partial charge in [0.25, 0.3) is 5.91 Å². The highest BCUT2D eigenvalue weighted by molar-refractivity contribution is 6.32. The van der Waals surface area contributed by atoms with Crippen LogP contribution in [0.1, 0.15) is 27.2 Å². The molecule has 39 heavy (non-hydrogen) atoms. The van der Waals surface area contributed by atoms with Crippen LogP contribution in [0.25, 0.3) is 5.69 Å². The lowest BCUT2D eigenvalue weighted by Gasteiger charge is -2.36. The number of hydrogen-bond donors (Lipinski definition) is 1. The smallest absolute Gasteiger partial charge is 0.271 e. The third kappa shape index (κ3) is 6.13. The van der Waals surface area contributed by atoms with Gasteiger partial charge in [0, 0.05) is 38.3 Å². The average Bonchev–Trinajstić information content (AvgIpc) is 3.27. The Labute approximate surface area is 233 Å². The number of nitrogens with one attached hydrogen (secondary N) is 1. The van der Waals surface area contributed by atoms with Gasteiger partial charge in [0.1, 0.15) is 5.75 Å². The minimum Gasteiger partial charge on any atom is -0.495 e. The van der Waals surface area contributed by atoms with Crippen LogP contribution >= 0.6 is 11.6 Å². The van der Waals surface area contributed by atoms with Crippen molar-refractivity contribution >= 4 is 29.4 Å². The molecule has 0 bridgehead atoms. The molecule has 1 aliphatic rings. The summed E-state index contributed by atoms with van der Waals surface area (Å²) in [6.07, 6.45) is 1.53. The van der Waals surface area contributed by atoms with Gasteiger partial charge in [-0.15, -0.1) is 0 Å². The third-order valence-corrected chi connectivity index (χ3v) is 7.18. The Morgan fingerprint density at radius 3 is 2.41 bits per heavy atom. The average molecular weight is 543 g/mol. The summed E-state index contributed by atoms with van der Waals surface area (Å²) in [4.78, 5) is 17.4. The SMILES string of the molecule is COc1ccccc1N1CCN(Cc2ccc(C(=O)N/N=C\c3c(Cl)nn(-c4ccccc4)c3C)cc2)CC1. The van der Waals surface area contributed by atoms with Gasteiger partial charge in [-0.3, -0.25) is 9.69 Å². The molecule has 1 aromatic heterocycles. The van der Waals surface area contributed by atoms with Crippen molar-refractivity contribution in [2.75, 3.05) is 38.2 Å². The van der Waals surface area contributed by atoms with Gasteiger partial charge in [-0.25, -0.2) is 10.1 Å². The molecule has 200 valence electrons. The summed E-state index contributed by atoms with van der Waals surface area (Å²) in [5.74, 6) is 0.622. The molecule has 0 spiro atoms. The lowest BCUT2D eigenvalue weighted by molar-refractivity contribution is 0.0955. The van der Waals surface area contributed by atoms with Crippen LogP contribution < -0.4 is 15.1 Å². The van der Waals surface area contributed by atoms with Crippen molar-refractivity contribution in [3.63, 3.8) is 0 Å². The van der Waals surface area contributed by atoms with E-state index in [9.17, 15) is 4.79 Å². The Kier molecular flexibility index (Phi) is 8.24. The van der Waals surface area contributed by atoms with Crippen molar-refractivity contribution in [1.82, 2.24) is 20.1 Å². The Morgan fingerprint density at radius 1 is 1.00 bits per heavy atom. The number of amides is 1. The van der Waals surface area contributed by atoms with Crippen LogP contribution in [-0.2, 0) is 6.54 Å². The Balaban J connectivity index is 1.14. The van der Waals surface area contributed by atoms with E-state index < -0.39 is 0 Å². The van der Waals surface area contributed by atoms with Gasteiger partial charge in [-0.2, -0.15) is 10.2 Å². The van der Waals surface area contributed by atoms with Gasteiger partial charge in [0.05, 0.1) is 36.0 Å². The van der Waals surface area contributed by atoms with E-state index in [0.717, 1.165) is 61.1 Å². The summed E-state index contributed by atoms with van der Waals surface area (Å²) < 4.78 is 7.27. The maximum Gasteiger partial charge on any atom is 0.271 e. The normalized spacial score (nSPS) is 14.1. The number of nitrogens with zero attached hydrogens (tertiary/aromatic N) is 5. The number of anilines is 1. The van der Waals surface area contributed by atoms with Gasteiger partial charge < -0.3 is 9.64 Å². The predicted molar refractivity (Wildman–Crippen MR) is 155 cm³/mol. The monoisotopic (exact) mass is 542 g/mol. The molecule has 4 aromatic rings. The van der Waals surface area contributed by atoms with E-state index in [4.69, 9.17) is 16.3 Å². The molecule has 1 aliphatic heterocycles. The molecule has 5 rings (SSSR count). The maximum atomic E-state index is 12.7. The van der Waals surface area contributed by atoms with Crippen molar-refractivity contribution in [3.05, 3.63) is 106 Å². The molecular weight excluding hydrogens is 512 g/mol. The fourth-order valence-electron chi connectivity index (χ4n) is 4.72. The number of rotatable bonds is 8. The van der Waals surface area contributed by atoms with Crippen molar-refractivity contribution in [1.29, 1.82) is 0 Å². The molecule has 1 saturated heterocycles. The maximum absolute atomic E-state index is 12.7. The molecule has 3 aromatic carbocycles. The van der Waals surface area contributed by atoms with Crippen molar-refractivity contribution in [2.24, 2.45) is 5.10 Å². The number of piperazine rings is 1. The summed E-state index contributed by atoms with van der Waals surface area (Å²) in [7, 11) is 1.71. The Morgan fingerprint density at radius 2 is 1.69 bits per heavy atom. The third-order valence-electron chi connectivity index (χ3n) is 6.90. The zero-order valence-corrected chi connectivity index (χ0v) is 22.8. The van der Waals surface area contributed by atoms with Crippen molar-refractivity contribution < 1.29 is 9.53 Å². The van der Waals surface area contributed by atoms with Gasteiger partial charge >= 0.3 is 0 Å². The second-order valence-corrected chi connectivity index (χ2v) is 9.73. The lowest BCUT2D eigenvalue weighted by atomic mass is 10.1. The van der Waals surface area contributed by atoms with Crippen LogP contribution in [0.2, 0.25) is 5.15 Å². The summed E-state index contributed by atoms with van der Waals surface area (Å²) >= 11 is 6.33. The standard InChI is InChI=1S/C30H31ClN6O2/c1-22-26(29(31)34-37(22)25-8-4-3-5-9-25)20-32-33-30(38)24-14-12-23(13-15-24)21-35-16-18-36(19-17-35)27-10-6-7-11-28(27)39-2/h3-15,20H,16-19,21H2,1-2H3,(H,33,38)/b32-20-. The van der Waals surface area contributed by atoms with Crippen LogP contribution in [0.5, 0.6) is 5.75 Å². The molecule has 0 saturated carbocycles. The molecule has 0 aliphatic carbocycles. The van der Waals surface area contributed by atoms with E-state index >= 15 is 0 Å². The lowest BCUT2D eigenvalue weighted by Crippen LogP contribution is -2.46. The highest BCUT2D eigenvalue weighted by Gasteiger charge is 2.20. The molecule has 1 fully saturated rings. The molecule has 1 N–H and O–H groups in total. The number of benzene rings is 3. The molecule has 1 amide bonds. The van der Waals surface area contributed by atoms with E-state index in [-0.39, 0.29) is 5.91 Å². The van der Waals surface area contributed by atoms with E-state index in [1.165, 1.54) is 6.21 Å². The van der Waals surface area contributed by atoms with Crippen LogP contribution in [0.4, 0.5) is 5.69 Å². The number of carbonyl (C=O) groups is 1. The second-order valence-electron chi connectivity index (χ2n) is 9.37. The first-order valence-corrected chi connectivity index (χ1v) is 13.2. The number of hydrazone groups is 1. The first kappa shape index (κ1) is 26.5. The predicted octanol–water partition coefficient (Wildman–Crippen LogP) is 4.93. The molecule has 0 radical (unpaired) electrons. The topological polar surface area (TPSA) is 75.0 Å². The van der Waals surface area contributed by atoms with Gasteiger partial charge in [0.2, 0.25) is 0 Å². The zero-order chi connectivity index (χ0) is 27.2. The summed E-state index contributed by atoms with van der Waals surface area (Å²) in [5.41, 5.74) is 7.82.